The van der Waals surface area contributed by atoms with Crippen LogP contribution in [0.1, 0.15) is 32.4 Å². The number of halogens is 1. The molecule has 1 aliphatic carbocycles. The third-order valence-corrected chi connectivity index (χ3v) is 3.86. The molecule has 0 N–H and O–H groups in total. The number of benzene rings is 2. The van der Waals surface area contributed by atoms with Crippen molar-refractivity contribution in [3.05, 3.63) is 71.0 Å². The van der Waals surface area contributed by atoms with Crippen LogP contribution in [-0.2, 0) is 4.74 Å². The van der Waals surface area contributed by atoms with Crippen molar-refractivity contribution in [1.29, 1.82) is 0 Å². The zero-order chi connectivity index (χ0) is 13.9. The molecule has 2 aliphatic rings. The molecule has 1 spiro atoms. The fraction of sp³-hybridized carbons (Fsp3) is 0.125. The summed E-state index contributed by atoms with van der Waals surface area (Å²) < 4.78 is 18.7. The molecule has 3 nitrogen and oxygen atoms in total. The third-order valence-electron chi connectivity index (χ3n) is 3.86. The van der Waals surface area contributed by atoms with Crippen LogP contribution in [0.5, 0.6) is 0 Å². The Balaban J connectivity index is 1.79. The van der Waals surface area contributed by atoms with E-state index in [0.29, 0.717) is 16.7 Å². The highest BCUT2D eigenvalue weighted by molar-refractivity contribution is 6.34. The summed E-state index contributed by atoms with van der Waals surface area (Å²) in [6.07, 6.45) is -0.689. The van der Waals surface area contributed by atoms with E-state index in [2.05, 4.69) is 0 Å². The Bertz CT molecular complexity index is 731. The zero-order valence-electron chi connectivity index (χ0n) is 10.3. The second kappa shape index (κ2) is 3.61. The van der Waals surface area contributed by atoms with Gasteiger partial charge < -0.3 is 4.74 Å². The van der Waals surface area contributed by atoms with Crippen LogP contribution in [0, 0.1) is 5.82 Å². The summed E-state index contributed by atoms with van der Waals surface area (Å²) in [5.41, 5.74) is -0.176. The van der Waals surface area contributed by atoms with E-state index in [1.54, 1.807) is 30.3 Å². The maximum absolute atomic E-state index is 13.3. The van der Waals surface area contributed by atoms with E-state index < -0.39 is 17.5 Å². The smallest absolute Gasteiger partial charge is 0.224 e. The number of carbonyl (C=O) groups excluding carboxylic acids is 2. The SMILES string of the molecule is O=C1c2ccccc2C(=O)C12OC2c1cccc(F)c1. The summed E-state index contributed by atoms with van der Waals surface area (Å²) in [7, 11) is 0. The number of hydrogen-bond acceptors (Lipinski definition) is 3. The summed E-state index contributed by atoms with van der Waals surface area (Å²) in [5, 5.41) is 0. The molecule has 0 bridgehead atoms. The fourth-order valence-corrected chi connectivity index (χ4v) is 2.85. The van der Waals surface area contributed by atoms with Crippen LogP contribution in [0.25, 0.3) is 0 Å². The predicted molar refractivity (Wildman–Crippen MR) is 68.1 cm³/mol. The van der Waals surface area contributed by atoms with Gasteiger partial charge in [0.2, 0.25) is 17.2 Å². The van der Waals surface area contributed by atoms with Crippen molar-refractivity contribution >= 4 is 11.6 Å². The second-order valence-corrected chi connectivity index (χ2v) is 4.99. The molecule has 4 rings (SSSR count). The van der Waals surface area contributed by atoms with Gasteiger partial charge in [-0.2, -0.15) is 0 Å². The van der Waals surface area contributed by atoms with Crippen molar-refractivity contribution in [2.75, 3.05) is 0 Å². The molecular formula is C16H9FO3. The van der Waals surface area contributed by atoms with Crippen LogP contribution < -0.4 is 0 Å². The Hall–Kier alpha value is -2.33. The fourth-order valence-electron chi connectivity index (χ4n) is 2.85. The summed E-state index contributed by atoms with van der Waals surface area (Å²) >= 11 is 0. The Morgan fingerprint density at radius 2 is 1.60 bits per heavy atom. The first-order valence-electron chi connectivity index (χ1n) is 6.26. The van der Waals surface area contributed by atoms with E-state index in [1.165, 1.54) is 18.2 Å². The molecule has 1 atom stereocenters. The molecule has 1 saturated heterocycles. The average Bonchev–Trinajstić information content (AvgIpc) is 3.18. The molecule has 4 heteroatoms. The van der Waals surface area contributed by atoms with Crippen LogP contribution in [0.3, 0.4) is 0 Å². The van der Waals surface area contributed by atoms with Crippen molar-refractivity contribution in [2.24, 2.45) is 0 Å². The highest BCUT2D eigenvalue weighted by atomic mass is 19.1. The van der Waals surface area contributed by atoms with Gasteiger partial charge in [0.15, 0.2) is 0 Å². The lowest BCUT2D eigenvalue weighted by Gasteiger charge is -2.00. The average molecular weight is 268 g/mol. The van der Waals surface area contributed by atoms with Crippen LogP contribution >= 0.6 is 0 Å². The van der Waals surface area contributed by atoms with Crippen LogP contribution in [-0.4, -0.2) is 17.2 Å². The van der Waals surface area contributed by atoms with E-state index in [-0.39, 0.29) is 11.6 Å². The Morgan fingerprint density at radius 1 is 0.950 bits per heavy atom. The molecule has 1 unspecified atom stereocenters. The number of hydrogen-bond donors (Lipinski definition) is 0. The lowest BCUT2D eigenvalue weighted by Crippen LogP contribution is -2.27. The summed E-state index contributed by atoms with van der Waals surface area (Å²) in [4.78, 5) is 24.8. The standard InChI is InChI=1S/C16H9FO3/c17-10-5-3-4-9(8-10)15-16(20-15)13(18)11-6-1-2-7-12(11)14(16)19/h1-8,15H. The lowest BCUT2D eigenvalue weighted by atomic mass is 9.94. The maximum atomic E-state index is 13.3. The quantitative estimate of drug-likeness (QED) is 0.590. The van der Waals surface area contributed by atoms with Crippen molar-refractivity contribution < 1.29 is 18.7 Å². The molecule has 1 aliphatic heterocycles. The van der Waals surface area contributed by atoms with Crippen LogP contribution in [0.4, 0.5) is 4.39 Å². The van der Waals surface area contributed by atoms with Gasteiger partial charge in [-0.3, -0.25) is 9.59 Å². The Kier molecular flexibility index (Phi) is 2.07. The van der Waals surface area contributed by atoms with Crippen molar-refractivity contribution in [2.45, 2.75) is 11.7 Å². The molecule has 20 heavy (non-hydrogen) atoms. The first kappa shape index (κ1) is 11.5. The first-order chi connectivity index (χ1) is 9.64. The minimum absolute atomic E-state index is 0.327. The number of fused-ring (bicyclic) bond motifs is 1. The molecule has 1 fully saturated rings. The predicted octanol–water partition coefficient (Wildman–Crippen LogP) is 2.72. The summed E-state index contributed by atoms with van der Waals surface area (Å²) in [6, 6.07) is 12.5. The van der Waals surface area contributed by atoms with Crippen LogP contribution in [0.15, 0.2) is 48.5 Å². The molecule has 1 heterocycles. The molecular weight excluding hydrogens is 259 g/mol. The number of ether oxygens (including phenoxy) is 1. The zero-order valence-corrected chi connectivity index (χ0v) is 10.3. The topological polar surface area (TPSA) is 46.7 Å². The molecule has 0 aromatic heterocycles. The number of epoxide rings is 1. The largest absolute Gasteiger partial charge is 0.344 e. The molecule has 0 radical (unpaired) electrons. The molecule has 0 amide bonds. The maximum Gasteiger partial charge on any atom is 0.224 e. The van der Waals surface area contributed by atoms with Gasteiger partial charge in [-0.15, -0.1) is 0 Å². The highest BCUT2D eigenvalue weighted by Gasteiger charge is 2.72. The van der Waals surface area contributed by atoms with Gasteiger partial charge in [-0.05, 0) is 17.7 Å². The molecule has 2 aromatic carbocycles. The van der Waals surface area contributed by atoms with E-state index in [1.807, 2.05) is 0 Å². The molecule has 98 valence electrons. The molecule has 2 aromatic rings. The minimum atomic E-state index is -1.46. The van der Waals surface area contributed by atoms with Gasteiger partial charge in [-0.1, -0.05) is 36.4 Å². The van der Waals surface area contributed by atoms with E-state index in [9.17, 15) is 14.0 Å². The van der Waals surface area contributed by atoms with E-state index in [0.717, 1.165) is 0 Å². The number of ketones is 2. The number of Topliss-reactive ketones (excluding diaryl/α,β-unsaturated/α-hetero) is 2. The van der Waals surface area contributed by atoms with E-state index in [4.69, 9.17) is 4.74 Å². The second-order valence-electron chi connectivity index (χ2n) is 4.99. The number of carbonyl (C=O) groups is 2. The van der Waals surface area contributed by atoms with Gasteiger partial charge in [0.05, 0.1) is 0 Å². The third kappa shape index (κ3) is 1.26. The van der Waals surface area contributed by atoms with Crippen molar-refractivity contribution in [1.82, 2.24) is 0 Å². The van der Waals surface area contributed by atoms with Gasteiger partial charge in [-0.25, -0.2) is 4.39 Å². The monoisotopic (exact) mass is 268 g/mol. The molecule has 0 saturated carbocycles. The highest BCUT2D eigenvalue weighted by Crippen LogP contribution is 2.56. The van der Waals surface area contributed by atoms with Crippen LogP contribution in [0.2, 0.25) is 0 Å². The van der Waals surface area contributed by atoms with Gasteiger partial charge in [0.25, 0.3) is 0 Å². The summed E-state index contributed by atoms with van der Waals surface area (Å²) in [5.74, 6) is -1.07. The minimum Gasteiger partial charge on any atom is -0.344 e. The number of rotatable bonds is 1. The Morgan fingerprint density at radius 3 is 2.20 bits per heavy atom. The normalized spacial score (nSPS) is 22.1. The van der Waals surface area contributed by atoms with Gasteiger partial charge >= 0.3 is 0 Å². The van der Waals surface area contributed by atoms with Gasteiger partial charge in [0, 0.05) is 11.1 Å². The van der Waals surface area contributed by atoms with E-state index >= 15 is 0 Å². The van der Waals surface area contributed by atoms with Gasteiger partial charge in [0.1, 0.15) is 11.9 Å². The van der Waals surface area contributed by atoms with Crippen molar-refractivity contribution in [3.63, 3.8) is 0 Å². The Labute approximate surface area is 114 Å². The summed E-state index contributed by atoms with van der Waals surface area (Å²) in [6.45, 7) is 0. The first-order valence-corrected chi connectivity index (χ1v) is 6.26. The van der Waals surface area contributed by atoms with Crippen molar-refractivity contribution in [3.8, 4) is 0 Å². The lowest BCUT2D eigenvalue weighted by molar-refractivity contribution is 0.0785.